The highest BCUT2D eigenvalue weighted by atomic mass is 35.5. The minimum absolute atomic E-state index is 0. The van der Waals surface area contributed by atoms with E-state index in [4.69, 9.17) is 0 Å². The normalized spacial score (nSPS) is 11.3. The monoisotopic (exact) mass is 342 g/mol. The molecule has 0 spiro atoms. The molecule has 0 saturated heterocycles. The van der Waals surface area contributed by atoms with Gasteiger partial charge in [0.1, 0.15) is 0 Å². The number of anilines is 1. The number of amides is 3. The first-order chi connectivity index (χ1) is 10.4. The zero-order chi connectivity index (χ0) is 16.5. The second kappa shape index (κ2) is 10.9. The van der Waals surface area contributed by atoms with Crippen LogP contribution in [0.15, 0.2) is 24.3 Å². The molecule has 23 heavy (non-hydrogen) atoms. The van der Waals surface area contributed by atoms with Crippen molar-refractivity contribution in [1.82, 2.24) is 16.0 Å². The molecule has 0 radical (unpaired) electrons. The molecule has 6 nitrogen and oxygen atoms in total. The molecular weight excluding hydrogens is 316 g/mol. The van der Waals surface area contributed by atoms with Gasteiger partial charge in [0, 0.05) is 29.9 Å². The van der Waals surface area contributed by atoms with E-state index in [9.17, 15) is 9.59 Å². The third-order valence-electron chi connectivity index (χ3n) is 2.92. The van der Waals surface area contributed by atoms with Gasteiger partial charge < -0.3 is 21.3 Å². The van der Waals surface area contributed by atoms with Crippen LogP contribution in [0.1, 0.15) is 38.1 Å². The van der Waals surface area contributed by atoms with Gasteiger partial charge in [0.2, 0.25) is 0 Å². The first-order valence-electron chi connectivity index (χ1n) is 7.61. The third-order valence-corrected chi connectivity index (χ3v) is 2.92. The Morgan fingerprint density at radius 3 is 2.48 bits per heavy atom. The summed E-state index contributed by atoms with van der Waals surface area (Å²) in [5.41, 5.74) is 1.11. The molecule has 1 aromatic carbocycles. The van der Waals surface area contributed by atoms with Crippen molar-refractivity contribution in [1.29, 1.82) is 0 Å². The van der Waals surface area contributed by atoms with Crippen LogP contribution in [0.25, 0.3) is 0 Å². The molecule has 1 aromatic rings. The number of hydrogen-bond acceptors (Lipinski definition) is 3. The molecule has 0 aromatic heterocycles. The van der Waals surface area contributed by atoms with Gasteiger partial charge in [0.25, 0.3) is 5.91 Å². The fourth-order valence-electron chi connectivity index (χ4n) is 1.94. The molecule has 0 unspecified atom stereocenters. The van der Waals surface area contributed by atoms with Gasteiger partial charge in [0.05, 0.1) is 0 Å². The van der Waals surface area contributed by atoms with Crippen LogP contribution >= 0.6 is 12.4 Å². The number of carbonyl (C=O) groups is 2. The molecular formula is C16H27ClN4O2. The van der Waals surface area contributed by atoms with E-state index in [2.05, 4.69) is 21.3 Å². The Bertz CT molecular complexity index is 509. The van der Waals surface area contributed by atoms with Crippen molar-refractivity contribution in [3.8, 4) is 0 Å². The topological polar surface area (TPSA) is 82.3 Å². The average molecular weight is 343 g/mol. The first kappa shape index (κ1) is 21.2. The summed E-state index contributed by atoms with van der Waals surface area (Å²) in [6.07, 6.45) is 0. The van der Waals surface area contributed by atoms with E-state index in [1.807, 2.05) is 27.7 Å². The number of halogens is 1. The van der Waals surface area contributed by atoms with E-state index in [1.165, 1.54) is 0 Å². The molecule has 0 bridgehead atoms. The third kappa shape index (κ3) is 8.42. The highest BCUT2D eigenvalue weighted by Gasteiger charge is 2.09. The lowest BCUT2D eigenvalue weighted by molar-refractivity contribution is 0.0950. The predicted molar refractivity (Wildman–Crippen MR) is 96.5 cm³/mol. The molecule has 130 valence electrons. The lowest BCUT2D eigenvalue weighted by atomic mass is 10.2. The van der Waals surface area contributed by atoms with Crippen molar-refractivity contribution in [3.63, 3.8) is 0 Å². The Balaban J connectivity index is 0.00000484. The minimum Gasteiger partial charge on any atom is -0.350 e. The van der Waals surface area contributed by atoms with Gasteiger partial charge in [-0.05, 0) is 45.5 Å². The van der Waals surface area contributed by atoms with Crippen LogP contribution in [0.3, 0.4) is 0 Å². The number of carbonyl (C=O) groups excluding carboxylic acids is 2. The van der Waals surface area contributed by atoms with Crippen LogP contribution in [0.5, 0.6) is 0 Å². The zero-order valence-electron chi connectivity index (χ0n) is 14.1. The smallest absolute Gasteiger partial charge is 0.319 e. The van der Waals surface area contributed by atoms with Gasteiger partial charge in [-0.25, -0.2) is 4.79 Å². The van der Waals surface area contributed by atoms with E-state index < -0.39 is 0 Å². The molecule has 0 heterocycles. The Morgan fingerprint density at radius 1 is 1.17 bits per heavy atom. The fraction of sp³-hybridized carbons (Fsp3) is 0.500. The van der Waals surface area contributed by atoms with Crippen molar-refractivity contribution >= 4 is 30.0 Å². The summed E-state index contributed by atoms with van der Waals surface area (Å²) >= 11 is 0. The predicted octanol–water partition coefficient (Wildman–Crippen LogP) is 2.37. The average Bonchev–Trinajstić information content (AvgIpc) is 2.44. The zero-order valence-corrected chi connectivity index (χ0v) is 14.9. The van der Waals surface area contributed by atoms with Gasteiger partial charge in [-0.1, -0.05) is 13.0 Å². The lowest BCUT2D eigenvalue weighted by Crippen LogP contribution is -2.38. The van der Waals surface area contributed by atoms with Crippen molar-refractivity contribution < 1.29 is 9.59 Å². The van der Waals surface area contributed by atoms with Crippen LogP contribution < -0.4 is 21.3 Å². The van der Waals surface area contributed by atoms with Gasteiger partial charge in [-0.3, -0.25) is 4.79 Å². The maximum Gasteiger partial charge on any atom is 0.319 e. The summed E-state index contributed by atoms with van der Waals surface area (Å²) < 4.78 is 0. The van der Waals surface area contributed by atoms with Crippen LogP contribution in [-0.4, -0.2) is 37.1 Å². The number of rotatable bonds is 7. The summed E-state index contributed by atoms with van der Waals surface area (Å²) in [5, 5.41) is 11.5. The number of nitrogens with one attached hydrogen (secondary N) is 4. The number of likely N-dealkylation sites (N-methyl/N-ethyl adjacent to an activating group) is 1. The summed E-state index contributed by atoms with van der Waals surface area (Å²) in [6, 6.07) is 6.86. The maximum absolute atomic E-state index is 12.1. The summed E-state index contributed by atoms with van der Waals surface area (Å²) in [5.74, 6) is -0.155. The molecule has 1 rings (SSSR count). The van der Waals surface area contributed by atoms with Gasteiger partial charge in [-0.2, -0.15) is 0 Å². The number of benzene rings is 1. The quantitative estimate of drug-likeness (QED) is 0.614. The maximum atomic E-state index is 12.1. The largest absolute Gasteiger partial charge is 0.350 e. The Labute approximate surface area is 144 Å². The second-order valence-electron chi connectivity index (χ2n) is 5.50. The van der Waals surface area contributed by atoms with Gasteiger partial charge >= 0.3 is 6.03 Å². The number of hydrogen-bond donors (Lipinski definition) is 4. The SMILES string of the molecule is CCN[C@H](C)CNC(=O)c1cccc(NC(=O)NC(C)C)c1.Cl. The van der Waals surface area contributed by atoms with Crippen LogP contribution in [-0.2, 0) is 0 Å². The molecule has 0 aliphatic rings. The second-order valence-corrected chi connectivity index (χ2v) is 5.50. The fourth-order valence-corrected chi connectivity index (χ4v) is 1.94. The lowest BCUT2D eigenvalue weighted by Gasteiger charge is -2.14. The molecule has 1 atom stereocenters. The molecule has 7 heteroatoms. The van der Waals surface area contributed by atoms with E-state index in [0.717, 1.165) is 6.54 Å². The van der Waals surface area contributed by atoms with Gasteiger partial charge in [0.15, 0.2) is 0 Å². The van der Waals surface area contributed by atoms with Gasteiger partial charge in [-0.15, -0.1) is 12.4 Å². The highest BCUT2D eigenvalue weighted by Crippen LogP contribution is 2.10. The summed E-state index contributed by atoms with van der Waals surface area (Å²) in [6.45, 7) is 9.22. The summed E-state index contributed by atoms with van der Waals surface area (Å²) in [7, 11) is 0. The molecule has 0 aliphatic heterocycles. The highest BCUT2D eigenvalue weighted by molar-refractivity contribution is 5.96. The van der Waals surface area contributed by atoms with Crippen molar-refractivity contribution in [2.24, 2.45) is 0 Å². The Hall–Kier alpha value is -1.79. The van der Waals surface area contributed by atoms with Crippen molar-refractivity contribution in [2.45, 2.75) is 39.8 Å². The molecule has 4 N–H and O–H groups in total. The van der Waals surface area contributed by atoms with Crippen molar-refractivity contribution in [3.05, 3.63) is 29.8 Å². The van der Waals surface area contributed by atoms with E-state index in [0.29, 0.717) is 17.8 Å². The number of urea groups is 1. The minimum atomic E-state index is -0.284. The van der Waals surface area contributed by atoms with Crippen LogP contribution in [0.2, 0.25) is 0 Å². The summed E-state index contributed by atoms with van der Waals surface area (Å²) in [4.78, 5) is 23.8. The standard InChI is InChI=1S/C16H26N4O2.ClH/c1-5-17-12(4)10-18-15(21)13-7-6-8-14(9-13)20-16(22)19-11(2)3;/h6-9,11-12,17H,5,10H2,1-4H3,(H,18,21)(H2,19,20,22);1H/t12-;/m1./s1. The van der Waals surface area contributed by atoms with E-state index in [-0.39, 0.29) is 36.4 Å². The Kier molecular flexibility index (Phi) is 10.0. The molecule has 0 fully saturated rings. The molecule has 0 saturated carbocycles. The Morgan fingerprint density at radius 2 is 1.87 bits per heavy atom. The van der Waals surface area contributed by atoms with E-state index in [1.54, 1.807) is 24.3 Å². The van der Waals surface area contributed by atoms with Crippen LogP contribution in [0, 0.1) is 0 Å². The van der Waals surface area contributed by atoms with Crippen LogP contribution in [0.4, 0.5) is 10.5 Å². The van der Waals surface area contributed by atoms with Crippen molar-refractivity contribution in [2.75, 3.05) is 18.4 Å². The molecule has 0 aliphatic carbocycles. The molecule has 3 amide bonds. The first-order valence-corrected chi connectivity index (χ1v) is 7.61. The van der Waals surface area contributed by atoms with E-state index >= 15 is 0 Å².